The molecule has 0 radical (unpaired) electrons. The number of nitrogens with one attached hydrogen (secondary N) is 1. The molecule has 0 aromatic carbocycles. The maximum absolute atomic E-state index is 12.8. The molecule has 1 aromatic heterocycles. The topological polar surface area (TPSA) is 73.2 Å². The summed E-state index contributed by atoms with van der Waals surface area (Å²) < 4.78 is 6.78. The lowest BCUT2D eigenvalue weighted by Gasteiger charge is -2.29. The van der Waals surface area contributed by atoms with Gasteiger partial charge in [0, 0.05) is 12.1 Å². The number of methoxy groups -OCH3 is 1. The van der Waals surface area contributed by atoms with E-state index in [1.807, 2.05) is 0 Å². The van der Waals surface area contributed by atoms with Gasteiger partial charge in [-0.1, -0.05) is 39.0 Å². The Balaban J connectivity index is 1.87. The third-order valence-electron chi connectivity index (χ3n) is 5.68. The summed E-state index contributed by atoms with van der Waals surface area (Å²) in [4.78, 5) is 25.2. The fourth-order valence-electron chi connectivity index (χ4n) is 4.16. The average Bonchev–Trinajstić information content (AvgIpc) is 2.63. The van der Waals surface area contributed by atoms with Crippen LogP contribution in [0.2, 0.25) is 0 Å². The van der Waals surface area contributed by atoms with E-state index in [2.05, 4.69) is 17.3 Å². The van der Waals surface area contributed by atoms with Gasteiger partial charge in [-0.05, 0) is 31.6 Å². The summed E-state index contributed by atoms with van der Waals surface area (Å²) in [5, 5.41) is 7.52. The third-order valence-corrected chi connectivity index (χ3v) is 5.68. The number of amides is 1. The van der Waals surface area contributed by atoms with E-state index in [4.69, 9.17) is 4.74 Å². The van der Waals surface area contributed by atoms with Crippen molar-refractivity contribution in [1.82, 2.24) is 15.1 Å². The summed E-state index contributed by atoms with van der Waals surface area (Å²) in [6.07, 6.45) is 9.86. The van der Waals surface area contributed by atoms with Gasteiger partial charge in [0.1, 0.15) is 0 Å². The number of carbonyl (C=O) groups is 1. The molecule has 2 atom stereocenters. The highest BCUT2D eigenvalue weighted by Gasteiger charge is 2.28. The number of nitrogens with zero attached hydrogens (tertiary/aromatic N) is 2. The Morgan fingerprint density at radius 2 is 1.84 bits per heavy atom. The number of hydrogen-bond acceptors (Lipinski definition) is 4. The van der Waals surface area contributed by atoms with Crippen molar-refractivity contribution in [3.8, 4) is 5.75 Å². The fourth-order valence-corrected chi connectivity index (χ4v) is 4.16. The fraction of sp³-hybridized carbons (Fsp3) is 0.737. The average molecular weight is 347 g/mol. The van der Waals surface area contributed by atoms with Crippen LogP contribution in [0.15, 0.2) is 10.9 Å². The van der Waals surface area contributed by atoms with Gasteiger partial charge in [-0.3, -0.25) is 9.59 Å². The molecule has 138 valence electrons. The second kappa shape index (κ2) is 8.02. The van der Waals surface area contributed by atoms with Crippen LogP contribution in [0.3, 0.4) is 0 Å². The van der Waals surface area contributed by atoms with Crippen LogP contribution < -0.4 is 15.6 Å². The van der Waals surface area contributed by atoms with Crippen LogP contribution in [0.5, 0.6) is 5.75 Å². The third kappa shape index (κ3) is 4.05. The van der Waals surface area contributed by atoms with Gasteiger partial charge in [-0.15, -0.1) is 0 Å². The lowest BCUT2D eigenvalue weighted by Crippen LogP contribution is -2.39. The minimum absolute atomic E-state index is 0.0633. The molecule has 25 heavy (non-hydrogen) atoms. The highest BCUT2D eigenvalue weighted by Crippen LogP contribution is 2.32. The summed E-state index contributed by atoms with van der Waals surface area (Å²) >= 11 is 0. The molecule has 2 aliphatic rings. The molecule has 2 fully saturated rings. The van der Waals surface area contributed by atoms with Gasteiger partial charge in [0.25, 0.3) is 11.5 Å². The van der Waals surface area contributed by atoms with Crippen molar-refractivity contribution in [2.45, 2.75) is 76.8 Å². The van der Waals surface area contributed by atoms with Gasteiger partial charge in [0.2, 0.25) is 0 Å². The molecule has 0 aliphatic heterocycles. The van der Waals surface area contributed by atoms with E-state index in [1.54, 1.807) is 0 Å². The second-order valence-electron chi connectivity index (χ2n) is 7.48. The lowest BCUT2D eigenvalue weighted by atomic mass is 9.86. The molecular formula is C19H29N3O3. The molecule has 1 heterocycles. The Morgan fingerprint density at radius 3 is 2.52 bits per heavy atom. The maximum atomic E-state index is 12.8. The van der Waals surface area contributed by atoms with Crippen LogP contribution >= 0.6 is 0 Å². The minimum atomic E-state index is -0.235. The number of aromatic nitrogens is 2. The molecule has 0 spiro atoms. The van der Waals surface area contributed by atoms with Crippen LogP contribution in [0.4, 0.5) is 0 Å². The smallest absolute Gasteiger partial charge is 0.275 e. The molecule has 2 saturated carbocycles. The van der Waals surface area contributed by atoms with Gasteiger partial charge >= 0.3 is 0 Å². The Hall–Kier alpha value is -1.85. The van der Waals surface area contributed by atoms with E-state index in [1.165, 1.54) is 30.7 Å². The minimum Gasteiger partial charge on any atom is -0.494 e. The van der Waals surface area contributed by atoms with E-state index in [-0.39, 0.29) is 35.0 Å². The van der Waals surface area contributed by atoms with Gasteiger partial charge < -0.3 is 10.1 Å². The van der Waals surface area contributed by atoms with Crippen molar-refractivity contribution in [3.63, 3.8) is 0 Å². The van der Waals surface area contributed by atoms with E-state index in [9.17, 15) is 9.59 Å². The molecule has 2 aliphatic carbocycles. The highest BCUT2D eigenvalue weighted by atomic mass is 16.5. The Kier molecular flexibility index (Phi) is 5.76. The van der Waals surface area contributed by atoms with Crippen molar-refractivity contribution in [3.05, 3.63) is 22.1 Å². The first-order valence-corrected chi connectivity index (χ1v) is 9.59. The van der Waals surface area contributed by atoms with Crippen molar-refractivity contribution < 1.29 is 9.53 Å². The van der Waals surface area contributed by atoms with Crippen molar-refractivity contribution in [2.24, 2.45) is 5.92 Å². The highest BCUT2D eigenvalue weighted by molar-refractivity contribution is 5.94. The van der Waals surface area contributed by atoms with Gasteiger partial charge in [-0.2, -0.15) is 5.10 Å². The van der Waals surface area contributed by atoms with Crippen molar-refractivity contribution in [1.29, 1.82) is 0 Å². The summed E-state index contributed by atoms with van der Waals surface area (Å²) in [5.41, 5.74) is 0.0373. The largest absolute Gasteiger partial charge is 0.494 e. The SMILES string of the molecule is COc1cc(=O)n(C2CCCCC2C)nc1C(=O)NC1CCCCC1. The van der Waals surface area contributed by atoms with Crippen LogP contribution in [-0.4, -0.2) is 28.8 Å². The number of ether oxygens (including phenoxy) is 1. The summed E-state index contributed by atoms with van der Waals surface area (Å²) in [6.45, 7) is 2.16. The maximum Gasteiger partial charge on any atom is 0.275 e. The second-order valence-corrected chi connectivity index (χ2v) is 7.48. The lowest BCUT2D eigenvalue weighted by molar-refractivity contribution is 0.0913. The quantitative estimate of drug-likeness (QED) is 0.908. The summed E-state index contributed by atoms with van der Waals surface area (Å²) in [6, 6.07) is 1.67. The van der Waals surface area contributed by atoms with Crippen LogP contribution in [-0.2, 0) is 0 Å². The standard InChI is InChI=1S/C19H29N3O3/c1-13-8-6-7-11-15(13)22-17(23)12-16(25-2)18(21-22)19(24)20-14-9-4-3-5-10-14/h12-15H,3-11H2,1-2H3,(H,20,24). The molecule has 6 nitrogen and oxygen atoms in total. The van der Waals surface area contributed by atoms with Crippen LogP contribution in [0, 0.1) is 5.92 Å². The Morgan fingerprint density at radius 1 is 1.16 bits per heavy atom. The van der Waals surface area contributed by atoms with Gasteiger partial charge in [0.15, 0.2) is 11.4 Å². The molecule has 0 saturated heterocycles. The molecular weight excluding hydrogens is 318 g/mol. The zero-order valence-corrected chi connectivity index (χ0v) is 15.3. The molecule has 6 heteroatoms. The zero-order valence-electron chi connectivity index (χ0n) is 15.3. The summed E-state index contributed by atoms with van der Waals surface area (Å²) in [5.74, 6) is 0.417. The van der Waals surface area contributed by atoms with Crippen molar-refractivity contribution >= 4 is 5.91 Å². The number of rotatable bonds is 4. The van der Waals surface area contributed by atoms with Crippen LogP contribution in [0.25, 0.3) is 0 Å². The van der Waals surface area contributed by atoms with Crippen molar-refractivity contribution in [2.75, 3.05) is 7.11 Å². The summed E-state index contributed by atoms with van der Waals surface area (Å²) in [7, 11) is 1.47. The predicted molar refractivity (Wildman–Crippen MR) is 96.1 cm³/mol. The number of hydrogen-bond donors (Lipinski definition) is 1. The molecule has 3 rings (SSSR count). The Bertz CT molecular complexity index is 664. The van der Waals surface area contributed by atoms with E-state index in [0.717, 1.165) is 44.9 Å². The first-order valence-electron chi connectivity index (χ1n) is 9.59. The monoisotopic (exact) mass is 347 g/mol. The van der Waals surface area contributed by atoms with Crippen LogP contribution in [0.1, 0.15) is 81.2 Å². The molecule has 2 unspecified atom stereocenters. The van der Waals surface area contributed by atoms with Gasteiger partial charge in [-0.25, -0.2) is 4.68 Å². The van der Waals surface area contributed by atoms with E-state index < -0.39 is 0 Å². The first kappa shape index (κ1) is 18.0. The Labute approximate surface area is 148 Å². The zero-order chi connectivity index (χ0) is 17.8. The number of carbonyl (C=O) groups excluding carboxylic acids is 1. The van der Waals surface area contributed by atoms with Gasteiger partial charge in [0.05, 0.1) is 13.2 Å². The van der Waals surface area contributed by atoms with E-state index in [0.29, 0.717) is 5.92 Å². The predicted octanol–water partition coefficient (Wildman–Crippen LogP) is 3.07. The molecule has 1 aromatic rings. The first-order chi connectivity index (χ1) is 12.1. The molecule has 0 bridgehead atoms. The normalized spacial score (nSPS) is 24.7. The molecule has 1 N–H and O–H groups in total. The molecule has 1 amide bonds. The van der Waals surface area contributed by atoms with E-state index >= 15 is 0 Å².